The van der Waals surface area contributed by atoms with Crippen LogP contribution >= 0.6 is 11.6 Å². The Balaban J connectivity index is 1.85. The van der Waals surface area contributed by atoms with Gasteiger partial charge in [0, 0.05) is 5.02 Å². The molecular weight excluding hydrogens is 338 g/mol. The fraction of sp³-hybridized carbons (Fsp3) is 0.300. The number of carbonyl (C=O) groups is 2. The first-order valence-electron chi connectivity index (χ1n) is 8.18. The first-order valence-corrected chi connectivity index (χ1v) is 8.56. The molecule has 2 aromatic carbocycles. The van der Waals surface area contributed by atoms with Crippen molar-refractivity contribution in [3.63, 3.8) is 0 Å². The summed E-state index contributed by atoms with van der Waals surface area (Å²) in [6, 6.07) is 14.2. The minimum Gasteiger partial charge on any atom is -0.452 e. The zero-order chi connectivity index (χ0) is 18.4. The van der Waals surface area contributed by atoms with Crippen LogP contribution in [0.1, 0.15) is 54.2 Å². The Morgan fingerprint density at radius 3 is 2.32 bits per heavy atom. The molecule has 0 spiro atoms. The molecular formula is C20H22ClNO3. The van der Waals surface area contributed by atoms with Gasteiger partial charge in [-0.15, -0.1) is 0 Å². The van der Waals surface area contributed by atoms with E-state index in [-0.39, 0.29) is 18.6 Å². The number of esters is 1. The average molecular weight is 360 g/mol. The van der Waals surface area contributed by atoms with Gasteiger partial charge in [-0.1, -0.05) is 49.7 Å². The molecule has 1 N–H and O–H groups in total. The third-order valence-corrected chi connectivity index (χ3v) is 4.11. The van der Waals surface area contributed by atoms with Gasteiger partial charge in [-0.2, -0.15) is 0 Å². The van der Waals surface area contributed by atoms with Crippen molar-refractivity contribution in [2.45, 2.75) is 32.7 Å². The maximum atomic E-state index is 12.0. The highest BCUT2D eigenvalue weighted by Crippen LogP contribution is 2.17. The minimum atomic E-state index is -0.513. The largest absolute Gasteiger partial charge is 0.452 e. The first-order chi connectivity index (χ1) is 11.9. The van der Waals surface area contributed by atoms with Gasteiger partial charge < -0.3 is 10.1 Å². The number of hydrogen-bond acceptors (Lipinski definition) is 3. The van der Waals surface area contributed by atoms with E-state index in [0.29, 0.717) is 16.5 Å². The highest BCUT2D eigenvalue weighted by atomic mass is 35.5. The van der Waals surface area contributed by atoms with E-state index in [1.807, 2.05) is 31.2 Å². The quantitative estimate of drug-likeness (QED) is 0.773. The number of amides is 1. The van der Waals surface area contributed by atoms with Crippen LogP contribution in [0, 0.1) is 0 Å². The van der Waals surface area contributed by atoms with Crippen LogP contribution in [-0.4, -0.2) is 18.5 Å². The lowest BCUT2D eigenvalue weighted by atomic mass is 10.0. The molecule has 0 aliphatic rings. The molecule has 0 aromatic heterocycles. The summed E-state index contributed by atoms with van der Waals surface area (Å²) in [6.07, 6.45) is 0. The molecule has 4 nitrogen and oxygen atoms in total. The molecule has 0 radical (unpaired) electrons. The molecule has 0 unspecified atom stereocenters. The van der Waals surface area contributed by atoms with Crippen LogP contribution in [0.2, 0.25) is 5.02 Å². The average Bonchev–Trinajstić information content (AvgIpc) is 2.59. The maximum absolute atomic E-state index is 12.0. The van der Waals surface area contributed by atoms with Gasteiger partial charge in [0.1, 0.15) is 0 Å². The van der Waals surface area contributed by atoms with Crippen molar-refractivity contribution in [2.24, 2.45) is 0 Å². The lowest BCUT2D eigenvalue weighted by Gasteiger charge is -2.14. The maximum Gasteiger partial charge on any atom is 0.338 e. The van der Waals surface area contributed by atoms with Gasteiger partial charge in [0.2, 0.25) is 0 Å². The predicted octanol–water partition coefficient (Wildman–Crippen LogP) is 4.50. The second-order valence-corrected chi connectivity index (χ2v) is 6.63. The van der Waals surface area contributed by atoms with Gasteiger partial charge in [-0.05, 0) is 48.2 Å². The lowest BCUT2D eigenvalue weighted by molar-refractivity contribution is -0.124. The molecule has 132 valence electrons. The van der Waals surface area contributed by atoms with Crippen LogP contribution in [0.3, 0.4) is 0 Å². The third kappa shape index (κ3) is 5.61. The van der Waals surface area contributed by atoms with Crippen LogP contribution in [0.15, 0.2) is 48.5 Å². The van der Waals surface area contributed by atoms with Crippen molar-refractivity contribution in [3.8, 4) is 0 Å². The van der Waals surface area contributed by atoms with Gasteiger partial charge >= 0.3 is 5.97 Å². The predicted molar refractivity (Wildman–Crippen MR) is 98.8 cm³/mol. The second-order valence-electron chi connectivity index (χ2n) is 6.20. The summed E-state index contributed by atoms with van der Waals surface area (Å²) in [7, 11) is 0. The van der Waals surface area contributed by atoms with Crippen molar-refractivity contribution in [3.05, 3.63) is 70.2 Å². The number of rotatable bonds is 6. The van der Waals surface area contributed by atoms with E-state index in [9.17, 15) is 9.59 Å². The fourth-order valence-electron chi connectivity index (χ4n) is 2.36. The highest BCUT2D eigenvalue weighted by molar-refractivity contribution is 6.30. The number of hydrogen-bond donors (Lipinski definition) is 1. The summed E-state index contributed by atoms with van der Waals surface area (Å²) in [5.41, 5.74) is 2.46. The Bertz CT molecular complexity index is 741. The Morgan fingerprint density at radius 1 is 1.04 bits per heavy atom. The molecule has 2 aromatic rings. The van der Waals surface area contributed by atoms with Gasteiger partial charge in [-0.3, -0.25) is 4.79 Å². The standard InChI is InChI=1S/C20H22ClNO3/c1-13(2)15-7-9-16(10-8-15)20(24)25-12-19(23)22-14(3)17-5-4-6-18(21)11-17/h4-11,13-14H,12H2,1-3H3,(H,22,23)/t14-/m0/s1. The summed E-state index contributed by atoms with van der Waals surface area (Å²) in [6.45, 7) is 5.68. The molecule has 0 saturated carbocycles. The topological polar surface area (TPSA) is 55.4 Å². The molecule has 0 bridgehead atoms. The van der Waals surface area contributed by atoms with Crippen molar-refractivity contribution >= 4 is 23.5 Å². The van der Waals surface area contributed by atoms with Crippen molar-refractivity contribution in [1.29, 1.82) is 0 Å². The van der Waals surface area contributed by atoms with Gasteiger partial charge in [0.05, 0.1) is 11.6 Å². The van der Waals surface area contributed by atoms with Crippen LogP contribution in [-0.2, 0) is 9.53 Å². The second kappa shape index (κ2) is 8.67. The van der Waals surface area contributed by atoms with Crippen molar-refractivity contribution in [2.75, 3.05) is 6.61 Å². The zero-order valence-corrected chi connectivity index (χ0v) is 15.3. The van der Waals surface area contributed by atoms with E-state index in [0.717, 1.165) is 11.1 Å². The zero-order valence-electron chi connectivity index (χ0n) is 14.6. The summed E-state index contributed by atoms with van der Waals surface area (Å²) in [5, 5.41) is 3.39. The Kier molecular flexibility index (Phi) is 6.59. The smallest absolute Gasteiger partial charge is 0.338 e. The van der Waals surface area contributed by atoms with E-state index in [1.165, 1.54) is 0 Å². The van der Waals surface area contributed by atoms with E-state index in [4.69, 9.17) is 16.3 Å². The normalized spacial score (nSPS) is 11.9. The lowest BCUT2D eigenvalue weighted by Crippen LogP contribution is -2.31. The number of nitrogens with one attached hydrogen (secondary N) is 1. The molecule has 5 heteroatoms. The van der Waals surface area contributed by atoms with Gasteiger partial charge in [0.25, 0.3) is 5.91 Å². The Labute approximate surface area is 153 Å². The Hall–Kier alpha value is -2.33. The van der Waals surface area contributed by atoms with Crippen LogP contribution < -0.4 is 5.32 Å². The number of carbonyl (C=O) groups excluding carboxylic acids is 2. The van der Waals surface area contributed by atoms with E-state index in [1.54, 1.807) is 24.3 Å². The molecule has 1 atom stereocenters. The van der Waals surface area contributed by atoms with Gasteiger partial charge in [0.15, 0.2) is 6.61 Å². The summed E-state index contributed by atoms with van der Waals surface area (Å²) in [5.74, 6) is -0.482. The van der Waals surface area contributed by atoms with Crippen molar-refractivity contribution in [1.82, 2.24) is 5.32 Å². The molecule has 0 aliphatic carbocycles. The highest BCUT2D eigenvalue weighted by Gasteiger charge is 2.13. The summed E-state index contributed by atoms with van der Waals surface area (Å²) >= 11 is 5.94. The van der Waals surface area contributed by atoms with E-state index in [2.05, 4.69) is 19.2 Å². The van der Waals surface area contributed by atoms with E-state index < -0.39 is 5.97 Å². The summed E-state index contributed by atoms with van der Waals surface area (Å²) < 4.78 is 5.07. The fourth-order valence-corrected chi connectivity index (χ4v) is 2.56. The minimum absolute atomic E-state index is 0.227. The number of benzene rings is 2. The third-order valence-electron chi connectivity index (χ3n) is 3.87. The van der Waals surface area contributed by atoms with Crippen LogP contribution in [0.5, 0.6) is 0 Å². The Morgan fingerprint density at radius 2 is 1.72 bits per heavy atom. The van der Waals surface area contributed by atoms with Gasteiger partial charge in [-0.25, -0.2) is 4.79 Å². The van der Waals surface area contributed by atoms with Crippen LogP contribution in [0.4, 0.5) is 0 Å². The molecule has 0 fully saturated rings. The monoisotopic (exact) mass is 359 g/mol. The van der Waals surface area contributed by atoms with Crippen molar-refractivity contribution < 1.29 is 14.3 Å². The number of halogens is 1. The molecule has 0 heterocycles. The van der Waals surface area contributed by atoms with Crippen LogP contribution in [0.25, 0.3) is 0 Å². The molecule has 2 rings (SSSR count). The SMILES string of the molecule is CC(C)c1ccc(C(=O)OCC(=O)N[C@@H](C)c2cccc(Cl)c2)cc1. The molecule has 0 saturated heterocycles. The number of ether oxygens (including phenoxy) is 1. The molecule has 1 amide bonds. The molecule has 25 heavy (non-hydrogen) atoms. The summed E-state index contributed by atoms with van der Waals surface area (Å²) in [4.78, 5) is 24.0. The molecule has 0 aliphatic heterocycles. The van der Waals surface area contributed by atoms with E-state index >= 15 is 0 Å². The first kappa shape index (κ1) is 19.0.